The van der Waals surface area contributed by atoms with Crippen molar-refractivity contribution in [3.63, 3.8) is 0 Å². The van der Waals surface area contributed by atoms with Crippen LogP contribution in [0.4, 0.5) is 0 Å². The van der Waals surface area contributed by atoms with Crippen LogP contribution in [0, 0.1) is 28.1 Å². The van der Waals surface area contributed by atoms with E-state index in [0.717, 1.165) is 32.1 Å². The van der Waals surface area contributed by atoms with E-state index in [1.54, 1.807) is 0 Å². The summed E-state index contributed by atoms with van der Waals surface area (Å²) in [4.78, 5) is 16.1. The van der Waals surface area contributed by atoms with Crippen molar-refractivity contribution in [2.75, 3.05) is 0 Å². The Labute approximate surface area is 157 Å². The number of carbonyl (C=O) groups is 1. The highest BCUT2D eigenvalue weighted by molar-refractivity contribution is 5.66. The summed E-state index contributed by atoms with van der Waals surface area (Å²) in [5.41, 5.74) is 2.65. The number of hydrogen-bond acceptors (Lipinski definition) is 3. The zero-order valence-electron chi connectivity index (χ0n) is 16.7. The van der Waals surface area contributed by atoms with Crippen molar-refractivity contribution in [3.8, 4) is 0 Å². The molecule has 26 heavy (non-hydrogen) atoms. The first-order valence-electron chi connectivity index (χ1n) is 9.97. The van der Waals surface area contributed by atoms with E-state index >= 15 is 0 Å². The Morgan fingerprint density at radius 2 is 2.04 bits per heavy atom. The van der Waals surface area contributed by atoms with Crippen LogP contribution in [0.2, 0.25) is 0 Å². The molecule has 0 heterocycles. The summed E-state index contributed by atoms with van der Waals surface area (Å²) in [6.45, 7) is 13.4. The largest absolute Gasteiger partial charge is 0.481 e. The second kappa shape index (κ2) is 6.49. The Morgan fingerprint density at radius 3 is 2.62 bits per heavy atom. The standard InChI is InChI=1S/C22H34O4/c1-14(2)17-8-11-21(4)18(20(17,3)10-9-19(23)24)7-6-15-12-16(26-25)13-22(15,21)5/h12,16-18,25H,1,6-11,13H2,2-5H3,(H,23,24)/t16?,17-,18+,20-,21+,22+/m0/s1. The van der Waals surface area contributed by atoms with Crippen molar-refractivity contribution in [2.24, 2.45) is 28.1 Å². The maximum Gasteiger partial charge on any atom is 0.303 e. The Hall–Kier alpha value is -1.13. The molecule has 6 atom stereocenters. The average Bonchev–Trinajstić information content (AvgIpc) is 2.91. The molecule has 1 unspecified atom stereocenters. The third-order valence-corrected chi connectivity index (χ3v) is 8.59. The molecule has 2 N–H and O–H groups in total. The lowest BCUT2D eigenvalue weighted by molar-refractivity contribution is -0.271. The minimum Gasteiger partial charge on any atom is -0.481 e. The molecule has 2 fully saturated rings. The number of rotatable bonds is 5. The summed E-state index contributed by atoms with van der Waals surface area (Å²) in [5, 5.41) is 18.6. The normalized spacial score (nSPS) is 44.8. The van der Waals surface area contributed by atoms with Crippen molar-refractivity contribution in [3.05, 3.63) is 23.8 Å². The Kier molecular flexibility index (Phi) is 4.90. The SMILES string of the molecule is C=C(C)[C@@H]1CC[C@]2(C)[C@H](CCC3=CC(OO)C[C@]32C)[C@@]1(C)CCC(=O)O. The second-order valence-electron chi connectivity index (χ2n) is 9.72. The fraction of sp³-hybridized carbons (Fsp3) is 0.773. The van der Waals surface area contributed by atoms with Crippen LogP contribution in [0.3, 0.4) is 0 Å². The summed E-state index contributed by atoms with van der Waals surface area (Å²) in [6, 6.07) is 0. The lowest BCUT2D eigenvalue weighted by Crippen LogP contribution is -2.57. The summed E-state index contributed by atoms with van der Waals surface area (Å²) < 4.78 is 0. The third kappa shape index (κ3) is 2.68. The van der Waals surface area contributed by atoms with Crippen LogP contribution in [-0.4, -0.2) is 22.4 Å². The van der Waals surface area contributed by atoms with Gasteiger partial charge in [0.2, 0.25) is 0 Å². The van der Waals surface area contributed by atoms with Crippen LogP contribution in [0.1, 0.15) is 72.6 Å². The van der Waals surface area contributed by atoms with Crippen LogP contribution in [0.5, 0.6) is 0 Å². The van der Waals surface area contributed by atoms with Gasteiger partial charge in [-0.3, -0.25) is 10.1 Å². The maximum atomic E-state index is 11.4. The average molecular weight is 363 g/mol. The molecule has 3 aliphatic carbocycles. The molecule has 4 heteroatoms. The molecule has 0 aromatic carbocycles. The smallest absolute Gasteiger partial charge is 0.303 e. The van der Waals surface area contributed by atoms with Crippen molar-refractivity contribution in [1.29, 1.82) is 0 Å². The van der Waals surface area contributed by atoms with Crippen LogP contribution in [0.25, 0.3) is 0 Å². The highest BCUT2D eigenvalue weighted by atomic mass is 17.1. The molecule has 3 aliphatic rings. The number of carboxylic acid groups (broad SMARTS) is 1. The van der Waals surface area contributed by atoms with Crippen LogP contribution < -0.4 is 0 Å². The minimum atomic E-state index is -0.712. The molecule has 0 radical (unpaired) electrons. The quantitative estimate of drug-likeness (QED) is 0.387. The zero-order chi connectivity index (χ0) is 19.3. The van der Waals surface area contributed by atoms with Gasteiger partial charge in [0.05, 0.1) is 0 Å². The van der Waals surface area contributed by atoms with Gasteiger partial charge < -0.3 is 5.11 Å². The molecule has 3 rings (SSSR count). The molecule has 146 valence electrons. The van der Waals surface area contributed by atoms with E-state index in [4.69, 9.17) is 4.89 Å². The predicted octanol–water partition coefficient (Wildman–Crippen LogP) is 5.45. The molecule has 0 spiro atoms. The lowest BCUT2D eigenvalue weighted by Gasteiger charge is -2.65. The second-order valence-corrected chi connectivity index (χ2v) is 9.72. The highest BCUT2D eigenvalue weighted by Gasteiger charge is 2.63. The van der Waals surface area contributed by atoms with Gasteiger partial charge in [0.15, 0.2) is 0 Å². The van der Waals surface area contributed by atoms with Gasteiger partial charge in [-0.2, -0.15) is 0 Å². The first-order chi connectivity index (χ1) is 12.1. The van der Waals surface area contributed by atoms with Gasteiger partial charge in [0, 0.05) is 6.42 Å². The Balaban J connectivity index is 2.01. The fourth-order valence-corrected chi connectivity index (χ4v) is 7.09. The van der Waals surface area contributed by atoms with Gasteiger partial charge in [-0.15, -0.1) is 0 Å². The van der Waals surface area contributed by atoms with Crippen molar-refractivity contribution >= 4 is 5.97 Å². The zero-order valence-corrected chi connectivity index (χ0v) is 16.7. The van der Waals surface area contributed by atoms with Gasteiger partial charge >= 0.3 is 5.97 Å². The summed E-state index contributed by atoms with van der Waals surface area (Å²) in [5.74, 6) is 0.112. The van der Waals surface area contributed by atoms with E-state index in [2.05, 4.69) is 40.3 Å². The molecular weight excluding hydrogens is 328 g/mol. The van der Waals surface area contributed by atoms with E-state index in [0.29, 0.717) is 18.3 Å². The van der Waals surface area contributed by atoms with Gasteiger partial charge in [0.1, 0.15) is 6.10 Å². The molecule has 2 saturated carbocycles. The molecule has 0 saturated heterocycles. The molecule has 0 amide bonds. The molecular formula is C22H34O4. The van der Waals surface area contributed by atoms with E-state index in [1.165, 1.54) is 11.1 Å². The highest BCUT2D eigenvalue weighted by Crippen LogP contribution is 2.71. The van der Waals surface area contributed by atoms with E-state index < -0.39 is 5.97 Å². The molecule has 0 aliphatic heterocycles. The van der Waals surface area contributed by atoms with Crippen LogP contribution in [0.15, 0.2) is 23.8 Å². The number of carboxylic acids is 1. The summed E-state index contributed by atoms with van der Waals surface area (Å²) >= 11 is 0. The van der Waals surface area contributed by atoms with Crippen molar-refractivity contribution in [2.45, 2.75) is 78.7 Å². The van der Waals surface area contributed by atoms with Gasteiger partial charge in [-0.05, 0) is 73.5 Å². The minimum absolute atomic E-state index is 0.00778. The molecule has 0 bridgehead atoms. The van der Waals surface area contributed by atoms with Crippen LogP contribution >= 0.6 is 0 Å². The van der Waals surface area contributed by atoms with E-state index in [-0.39, 0.29) is 28.8 Å². The van der Waals surface area contributed by atoms with Crippen LogP contribution in [-0.2, 0) is 9.68 Å². The predicted molar refractivity (Wildman–Crippen MR) is 102 cm³/mol. The van der Waals surface area contributed by atoms with Gasteiger partial charge in [-0.1, -0.05) is 44.6 Å². The number of allylic oxidation sites excluding steroid dienone is 2. The number of aliphatic carboxylic acids is 1. The maximum absolute atomic E-state index is 11.4. The topological polar surface area (TPSA) is 66.8 Å². The first kappa shape index (κ1) is 19.6. The van der Waals surface area contributed by atoms with Gasteiger partial charge in [-0.25, -0.2) is 4.89 Å². The Morgan fingerprint density at radius 1 is 1.35 bits per heavy atom. The number of hydrogen-bond donors (Lipinski definition) is 2. The summed E-state index contributed by atoms with van der Waals surface area (Å²) in [7, 11) is 0. The Bertz CT molecular complexity index is 638. The van der Waals surface area contributed by atoms with Crippen molar-refractivity contribution < 1.29 is 20.0 Å². The summed E-state index contributed by atoms with van der Waals surface area (Å²) in [6.07, 6.45) is 7.92. The van der Waals surface area contributed by atoms with Crippen molar-refractivity contribution in [1.82, 2.24) is 0 Å². The van der Waals surface area contributed by atoms with E-state index in [9.17, 15) is 15.2 Å². The lowest BCUT2D eigenvalue weighted by atomic mass is 9.39. The van der Waals surface area contributed by atoms with E-state index in [1.807, 2.05) is 0 Å². The number of fused-ring (bicyclic) bond motifs is 3. The first-order valence-corrected chi connectivity index (χ1v) is 9.97. The monoisotopic (exact) mass is 362 g/mol. The fourth-order valence-electron chi connectivity index (χ4n) is 7.09. The molecule has 0 aromatic heterocycles. The molecule has 4 nitrogen and oxygen atoms in total. The third-order valence-electron chi connectivity index (χ3n) is 8.59. The molecule has 0 aromatic rings. The van der Waals surface area contributed by atoms with Gasteiger partial charge in [0.25, 0.3) is 0 Å².